The third kappa shape index (κ3) is 4.40. The molecule has 3 aromatic heterocycles. The molecular weight excluding hydrogens is 426 g/mol. The van der Waals surface area contributed by atoms with Crippen molar-refractivity contribution in [2.45, 2.75) is 41.0 Å². The average Bonchev–Trinajstić information content (AvgIpc) is 3.21. The number of carbonyl (C=O) groups excluding carboxylic acids is 1. The zero-order chi connectivity index (χ0) is 23.0. The number of aromatic nitrogens is 6. The molecule has 1 N–H and O–H groups in total. The van der Waals surface area contributed by atoms with E-state index in [9.17, 15) is 4.79 Å². The lowest BCUT2D eigenvalue weighted by molar-refractivity contribution is -0.115. The van der Waals surface area contributed by atoms with Crippen LogP contribution in [-0.4, -0.2) is 35.4 Å². The number of hydrogen-bond acceptors (Lipinski definition) is 5. The quantitative estimate of drug-likeness (QED) is 0.492. The fourth-order valence-electron chi connectivity index (χ4n) is 3.67. The molecule has 0 saturated carbocycles. The second-order valence-corrected chi connectivity index (χ2v) is 8.24. The molecule has 0 aliphatic heterocycles. The number of aryl methyl sites for hydroxylation is 4. The first kappa shape index (κ1) is 21.7. The number of anilines is 1. The first-order chi connectivity index (χ1) is 15.2. The molecule has 32 heavy (non-hydrogen) atoms. The average molecular weight is 450 g/mol. The zero-order valence-corrected chi connectivity index (χ0v) is 19.4. The molecule has 0 fully saturated rings. The first-order valence-corrected chi connectivity index (χ1v) is 10.6. The molecule has 0 aliphatic rings. The maximum absolute atomic E-state index is 13.0. The first-order valence-electron chi connectivity index (χ1n) is 10.2. The molecule has 3 heterocycles. The van der Waals surface area contributed by atoms with E-state index >= 15 is 0 Å². The summed E-state index contributed by atoms with van der Waals surface area (Å²) < 4.78 is 3.37. The second kappa shape index (κ2) is 8.55. The van der Waals surface area contributed by atoms with Crippen LogP contribution in [-0.2, 0) is 11.2 Å². The van der Waals surface area contributed by atoms with Crippen LogP contribution in [0.15, 0.2) is 36.4 Å². The molecule has 8 nitrogen and oxygen atoms in total. The van der Waals surface area contributed by atoms with Gasteiger partial charge in [0.05, 0.1) is 23.5 Å². The molecule has 4 rings (SSSR count). The number of hydrogen-bond donors (Lipinski definition) is 1. The van der Waals surface area contributed by atoms with Gasteiger partial charge in [-0.25, -0.2) is 19.3 Å². The summed E-state index contributed by atoms with van der Waals surface area (Å²) in [6.07, 6.45) is 0.169. The van der Waals surface area contributed by atoms with Gasteiger partial charge >= 0.3 is 0 Å². The number of amides is 1. The highest BCUT2D eigenvalue weighted by Gasteiger charge is 2.19. The Hall–Kier alpha value is -3.52. The van der Waals surface area contributed by atoms with Gasteiger partial charge in [0.15, 0.2) is 0 Å². The summed E-state index contributed by atoms with van der Waals surface area (Å²) in [4.78, 5) is 21.9. The lowest BCUT2D eigenvalue weighted by Gasteiger charge is -2.10. The number of benzene rings is 1. The van der Waals surface area contributed by atoms with Crippen molar-refractivity contribution >= 4 is 23.3 Å². The van der Waals surface area contributed by atoms with Crippen LogP contribution >= 0.6 is 11.6 Å². The topological polar surface area (TPSA) is 90.5 Å². The van der Waals surface area contributed by atoms with E-state index in [4.69, 9.17) is 11.6 Å². The Balaban J connectivity index is 1.59. The molecule has 1 aromatic carbocycles. The maximum atomic E-state index is 13.0. The summed E-state index contributed by atoms with van der Waals surface area (Å²) >= 11 is 6.13. The number of rotatable bonds is 5. The zero-order valence-electron chi connectivity index (χ0n) is 18.6. The minimum absolute atomic E-state index is 0.166. The van der Waals surface area contributed by atoms with Crippen LogP contribution in [0.2, 0.25) is 5.02 Å². The van der Waals surface area contributed by atoms with E-state index in [-0.39, 0.29) is 12.3 Å². The predicted octanol–water partition coefficient (Wildman–Crippen LogP) is 4.22. The van der Waals surface area contributed by atoms with E-state index in [0.29, 0.717) is 16.8 Å². The number of nitrogens with zero attached hydrogens (tertiary/aromatic N) is 6. The Bertz CT molecular complexity index is 1300. The van der Waals surface area contributed by atoms with E-state index < -0.39 is 0 Å². The van der Waals surface area contributed by atoms with Crippen LogP contribution in [0, 0.1) is 34.6 Å². The van der Waals surface area contributed by atoms with Crippen molar-refractivity contribution in [1.82, 2.24) is 29.5 Å². The highest BCUT2D eigenvalue weighted by molar-refractivity contribution is 6.30. The van der Waals surface area contributed by atoms with Gasteiger partial charge in [0, 0.05) is 33.7 Å². The Morgan fingerprint density at radius 2 is 1.66 bits per heavy atom. The summed E-state index contributed by atoms with van der Waals surface area (Å²) in [5, 5.41) is 12.6. The molecule has 0 atom stereocenters. The minimum Gasteiger partial charge on any atom is -0.310 e. The van der Waals surface area contributed by atoms with Crippen molar-refractivity contribution in [2.24, 2.45) is 0 Å². The molecular formula is C23H24ClN7O. The Labute approximate surface area is 191 Å². The summed E-state index contributed by atoms with van der Waals surface area (Å²) in [5.74, 6) is 0.916. The molecule has 1 amide bonds. The molecule has 0 unspecified atom stereocenters. The summed E-state index contributed by atoms with van der Waals surface area (Å²) in [6.45, 7) is 9.52. The van der Waals surface area contributed by atoms with Crippen molar-refractivity contribution in [3.63, 3.8) is 0 Å². The summed E-state index contributed by atoms with van der Waals surface area (Å²) in [6, 6.07) is 11.1. The monoisotopic (exact) mass is 449 g/mol. The van der Waals surface area contributed by atoms with Gasteiger partial charge in [-0.1, -0.05) is 17.7 Å². The van der Waals surface area contributed by atoms with Crippen molar-refractivity contribution in [3.8, 4) is 11.6 Å². The fraction of sp³-hybridized carbons (Fsp3) is 0.261. The third-order valence-corrected chi connectivity index (χ3v) is 5.33. The van der Waals surface area contributed by atoms with Gasteiger partial charge in [0.2, 0.25) is 5.91 Å². The minimum atomic E-state index is -0.166. The van der Waals surface area contributed by atoms with Gasteiger partial charge in [-0.15, -0.1) is 0 Å². The van der Waals surface area contributed by atoms with Gasteiger partial charge < -0.3 is 5.32 Å². The standard InChI is InChI=1S/C23H24ClN7O/c1-13-9-14(2)26-23(25-13)30-17(5)20(16(4)29-30)12-22(32)27-21-10-15(3)28-31(21)19-8-6-7-18(24)11-19/h6-11H,12H2,1-5H3,(H,27,32). The van der Waals surface area contributed by atoms with Gasteiger partial charge in [-0.2, -0.15) is 10.2 Å². The van der Waals surface area contributed by atoms with Crippen LogP contribution < -0.4 is 5.32 Å². The molecule has 4 aromatic rings. The molecule has 0 saturated heterocycles. The lowest BCUT2D eigenvalue weighted by Crippen LogP contribution is -2.18. The van der Waals surface area contributed by atoms with Gasteiger partial charge in [0.1, 0.15) is 5.82 Å². The van der Waals surface area contributed by atoms with E-state index in [2.05, 4.69) is 25.5 Å². The predicted molar refractivity (Wildman–Crippen MR) is 124 cm³/mol. The normalized spacial score (nSPS) is 11.1. The van der Waals surface area contributed by atoms with Crippen LogP contribution in [0.25, 0.3) is 11.6 Å². The van der Waals surface area contributed by atoms with Crippen LogP contribution in [0.5, 0.6) is 0 Å². The number of halogens is 1. The molecule has 0 bridgehead atoms. The van der Waals surface area contributed by atoms with Gasteiger partial charge in [-0.3, -0.25) is 4.79 Å². The second-order valence-electron chi connectivity index (χ2n) is 7.80. The van der Waals surface area contributed by atoms with Gasteiger partial charge in [0.25, 0.3) is 5.95 Å². The lowest BCUT2D eigenvalue weighted by atomic mass is 10.1. The van der Waals surface area contributed by atoms with E-state index in [1.165, 1.54) is 0 Å². The summed E-state index contributed by atoms with van der Waals surface area (Å²) in [7, 11) is 0. The fourth-order valence-corrected chi connectivity index (χ4v) is 3.85. The SMILES string of the molecule is Cc1cc(C)nc(-n2nc(C)c(CC(=O)Nc3cc(C)nn3-c3cccc(Cl)c3)c2C)n1. The summed E-state index contributed by atoms with van der Waals surface area (Å²) in [5.41, 5.74) is 5.73. The highest BCUT2D eigenvalue weighted by atomic mass is 35.5. The largest absolute Gasteiger partial charge is 0.310 e. The Kier molecular flexibility index (Phi) is 5.80. The van der Waals surface area contributed by atoms with Crippen molar-refractivity contribution < 1.29 is 4.79 Å². The molecule has 0 radical (unpaired) electrons. The molecule has 0 aliphatic carbocycles. The van der Waals surface area contributed by atoms with Gasteiger partial charge in [-0.05, 0) is 58.9 Å². The highest BCUT2D eigenvalue weighted by Crippen LogP contribution is 2.22. The van der Waals surface area contributed by atoms with E-state index in [1.807, 2.05) is 58.9 Å². The van der Waals surface area contributed by atoms with Crippen molar-refractivity contribution in [1.29, 1.82) is 0 Å². The van der Waals surface area contributed by atoms with Crippen LogP contribution in [0.1, 0.15) is 34.0 Å². The maximum Gasteiger partial charge on any atom is 0.251 e. The van der Waals surface area contributed by atoms with E-state index in [0.717, 1.165) is 39.7 Å². The smallest absolute Gasteiger partial charge is 0.251 e. The van der Waals surface area contributed by atoms with E-state index in [1.54, 1.807) is 21.5 Å². The Morgan fingerprint density at radius 3 is 2.34 bits per heavy atom. The molecule has 0 spiro atoms. The molecule has 164 valence electrons. The third-order valence-electron chi connectivity index (χ3n) is 5.09. The molecule has 9 heteroatoms. The number of nitrogens with one attached hydrogen (secondary N) is 1. The number of carbonyl (C=O) groups is 1. The van der Waals surface area contributed by atoms with Crippen LogP contribution in [0.3, 0.4) is 0 Å². The van der Waals surface area contributed by atoms with Crippen molar-refractivity contribution in [3.05, 3.63) is 75.5 Å². The Morgan fingerprint density at radius 1 is 0.938 bits per heavy atom. The van der Waals surface area contributed by atoms with Crippen LogP contribution in [0.4, 0.5) is 5.82 Å². The van der Waals surface area contributed by atoms with Crippen molar-refractivity contribution in [2.75, 3.05) is 5.32 Å².